The van der Waals surface area contributed by atoms with Crippen molar-refractivity contribution in [1.29, 1.82) is 0 Å². The molecule has 0 aromatic carbocycles. The topological polar surface area (TPSA) is 102 Å². The first-order valence-electron chi connectivity index (χ1n) is 2.42. The molecule has 1 heterocycles. The highest BCUT2D eigenvalue weighted by Gasteiger charge is 2.00. The van der Waals surface area contributed by atoms with Crippen LogP contribution in [0.25, 0.3) is 0 Å². The molecule has 1 aliphatic heterocycles. The quantitative estimate of drug-likeness (QED) is 0.287. The average Bonchev–Trinajstić information content (AvgIpc) is 2.07. The minimum Gasteiger partial charge on any atom is -0.329 e. The second kappa shape index (κ2) is 4.43. The van der Waals surface area contributed by atoms with Gasteiger partial charge in [0.25, 0.3) is 0 Å². The summed E-state index contributed by atoms with van der Waals surface area (Å²) in [5, 5.41) is 0. The summed E-state index contributed by atoms with van der Waals surface area (Å²) in [6, 6.07) is 0. The normalized spacial score (nSPS) is 15.5. The third kappa shape index (κ3) is 15.6. The molecule has 0 bridgehead atoms. The van der Waals surface area contributed by atoms with Crippen molar-refractivity contribution >= 4 is 7.82 Å². The number of hydrazine groups is 1. The third-order valence-electron chi connectivity index (χ3n) is 0.523. The Balaban J connectivity index is 0.000000162. The van der Waals surface area contributed by atoms with Gasteiger partial charge in [-0.3, -0.25) is 0 Å². The van der Waals surface area contributed by atoms with Crippen molar-refractivity contribution in [3.05, 3.63) is 12.3 Å². The van der Waals surface area contributed by atoms with Crippen LogP contribution in [0.1, 0.15) is 0 Å². The predicted molar refractivity (Wildman–Crippen MR) is 34.5 cm³/mol. The lowest BCUT2D eigenvalue weighted by molar-refractivity contribution is 0.275. The number of nitrogens with one attached hydrogen (secondary N) is 2. The summed E-state index contributed by atoms with van der Waals surface area (Å²) in [5.74, 6) is 0. The van der Waals surface area contributed by atoms with Gasteiger partial charge in [-0.15, -0.1) is 0 Å². The fourth-order valence-corrected chi connectivity index (χ4v) is 0.295. The number of hydrogen-bond acceptors (Lipinski definition) is 3. The lowest BCUT2D eigenvalue weighted by atomic mass is 10.7. The van der Waals surface area contributed by atoms with Gasteiger partial charge in [0, 0.05) is 12.7 Å². The fraction of sp³-hybridized carbons (Fsp3) is 0.333. The molecule has 1 aliphatic rings. The summed E-state index contributed by atoms with van der Waals surface area (Å²) in [5.41, 5.74) is 5.65. The maximum Gasteiger partial charge on any atom is 0.466 e. The first-order chi connectivity index (χ1) is 4.50. The molecule has 0 radical (unpaired) electrons. The molecule has 60 valence electrons. The summed E-state index contributed by atoms with van der Waals surface area (Å²) in [6.07, 6.45) is 3.89. The Kier molecular flexibility index (Phi) is 4.26. The monoisotopic (exact) mass is 168 g/mol. The van der Waals surface area contributed by atoms with Gasteiger partial charge in [-0.1, -0.05) is 6.08 Å². The Bertz CT molecular complexity index is 138. The van der Waals surface area contributed by atoms with Gasteiger partial charge in [0.15, 0.2) is 0 Å². The molecule has 0 aromatic heterocycles. The van der Waals surface area contributed by atoms with Gasteiger partial charge in [-0.05, 0) is 0 Å². The molecule has 0 saturated heterocycles. The number of phosphoric acid groups is 1. The van der Waals surface area contributed by atoms with Crippen LogP contribution in [-0.2, 0) is 4.57 Å². The van der Waals surface area contributed by atoms with Crippen LogP contribution in [0, 0.1) is 0 Å². The molecule has 0 saturated carbocycles. The summed E-state index contributed by atoms with van der Waals surface area (Å²) in [4.78, 5) is 21.6. The molecule has 0 amide bonds. The standard InChI is InChI=1S/C3H6N2.H3O4P/c1-2-4-5-3-1;1-5(2,3)4/h1-2,4-5H,3H2;(H3,1,2,3,4). The summed E-state index contributed by atoms with van der Waals surface area (Å²) < 4.78 is 8.88. The largest absolute Gasteiger partial charge is 0.466 e. The number of hydrogen-bond donors (Lipinski definition) is 5. The molecule has 0 atom stereocenters. The molecule has 1 rings (SSSR count). The smallest absolute Gasteiger partial charge is 0.329 e. The van der Waals surface area contributed by atoms with E-state index in [1.807, 2.05) is 12.3 Å². The Hall–Kier alpha value is -0.390. The highest BCUT2D eigenvalue weighted by atomic mass is 31.2. The Morgan fingerprint density at radius 3 is 2.00 bits per heavy atom. The first-order valence-corrected chi connectivity index (χ1v) is 3.98. The molecule has 0 aromatic rings. The predicted octanol–water partition coefficient (Wildman–Crippen LogP) is -1.32. The molecule has 10 heavy (non-hydrogen) atoms. The molecule has 0 unspecified atom stereocenters. The van der Waals surface area contributed by atoms with E-state index >= 15 is 0 Å². The van der Waals surface area contributed by atoms with E-state index in [4.69, 9.17) is 19.2 Å². The van der Waals surface area contributed by atoms with E-state index in [1.165, 1.54) is 0 Å². The summed E-state index contributed by atoms with van der Waals surface area (Å²) in [6.45, 7) is 0.958. The van der Waals surface area contributed by atoms with Gasteiger partial charge in [-0.25, -0.2) is 9.99 Å². The van der Waals surface area contributed by atoms with E-state index in [9.17, 15) is 0 Å². The molecular formula is C3H9N2O4P. The van der Waals surface area contributed by atoms with Crippen LogP contribution in [0.3, 0.4) is 0 Å². The molecule has 7 heteroatoms. The van der Waals surface area contributed by atoms with Crippen LogP contribution in [0.4, 0.5) is 0 Å². The molecule has 0 spiro atoms. The van der Waals surface area contributed by atoms with Crippen molar-refractivity contribution in [2.75, 3.05) is 6.54 Å². The van der Waals surface area contributed by atoms with Crippen LogP contribution < -0.4 is 10.9 Å². The van der Waals surface area contributed by atoms with E-state index in [2.05, 4.69) is 10.9 Å². The van der Waals surface area contributed by atoms with E-state index in [0.717, 1.165) is 6.54 Å². The van der Waals surface area contributed by atoms with Crippen LogP contribution in [-0.4, -0.2) is 21.2 Å². The Morgan fingerprint density at radius 2 is 1.90 bits per heavy atom. The Labute approximate surface area is 57.8 Å². The van der Waals surface area contributed by atoms with Crippen LogP contribution >= 0.6 is 7.82 Å². The van der Waals surface area contributed by atoms with Crippen molar-refractivity contribution in [2.45, 2.75) is 0 Å². The van der Waals surface area contributed by atoms with Crippen molar-refractivity contribution in [1.82, 2.24) is 10.9 Å². The van der Waals surface area contributed by atoms with Crippen LogP contribution in [0.2, 0.25) is 0 Å². The minimum atomic E-state index is -4.64. The lowest BCUT2D eigenvalue weighted by Gasteiger charge is -1.83. The van der Waals surface area contributed by atoms with Gasteiger partial charge in [0.2, 0.25) is 0 Å². The molecule has 5 N–H and O–H groups in total. The van der Waals surface area contributed by atoms with E-state index < -0.39 is 7.82 Å². The second-order valence-corrected chi connectivity index (χ2v) is 2.47. The SMILES string of the molecule is C1=CNNC1.O=P(O)(O)O. The zero-order valence-electron chi connectivity index (χ0n) is 5.06. The Morgan fingerprint density at radius 1 is 1.40 bits per heavy atom. The van der Waals surface area contributed by atoms with Crippen molar-refractivity contribution in [2.24, 2.45) is 0 Å². The van der Waals surface area contributed by atoms with Gasteiger partial charge in [0.1, 0.15) is 0 Å². The van der Waals surface area contributed by atoms with E-state index in [1.54, 1.807) is 0 Å². The van der Waals surface area contributed by atoms with Crippen molar-refractivity contribution in [3.63, 3.8) is 0 Å². The number of rotatable bonds is 0. The minimum absolute atomic E-state index is 0.958. The average molecular weight is 168 g/mol. The highest BCUT2D eigenvalue weighted by Crippen LogP contribution is 2.25. The molecule has 0 fully saturated rings. The third-order valence-corrected chi connectivity index (χ3v) is 0.523. The summed E-state index contributed by atoms with van der Waals surface area (Å²) in [7, 11) is -4.64. The molecular weight excluding hydrogens is 159 g/mol. The highest BCUT2D eigenvalue weighted by molar-refractivity contribution is 7.45. The lowest BCUT2D eigenvalue weighted by Crippen LogP contribution is -2.19. The van der Waals surface area contributed by atoms with Crippen molar-refractivity contribution < 1.29 is 19.2 Å². The van der Waals surface area contributed by atoms with Gasteiger partial charge in [0.05, 0.1) is 0 Å². The summed E-state index contributed by atoms with van der Waals surface area (Å²) >= 11 is 0. The molecule has 6 nitrogen and oxygen atoms in total. The van der Waals surface area contributed by atoms with Gasteiger partial charge >= 0.3 is 7.82 Å². The maximum absolute atomic E-state index is 8.88. The van der Waals surface area contributed by atoms with Crippen molar-refractivity contribution in [3.8, 4) is 0 Å². The van der Waals surface area contributed by atoms with Gasteiger partial charge in [-0.2, -0.15) is 0 Å². The zero-order chi connectivity index (χ0) is 8.04. The maximum atomic E-state index is 8.88. The zero-order valence-corrected chi connectivity index (χ0v) is 5.95. The van der Waals surface area contributed by atoms with E-state index in [-0.39, 0.29) is 0 Å². The fourth-order valence-electron chi connectivity index (χ4n) is 0.295. The van der Waals surface area contributed by atoms with E-state index in [0.29, 0.717) is 0 Å². The van der Waals surface area contributed by atoms with Crippen LogP contribution in [0.5, 0.6) is 0 Å². The second-order valence-electron chi connectivity index (χ2n) is 1.44. The van der Waals surface area contributed by atoms with Crippen LogP contribution in [0.15, 0.2) is 12.3 Å². The molecule has 0 aliphatic carbocycles. The first kappa shape index (κ1) is 9.61. The van der Waals surface area contributed by atoms with Gasteiger partial charge < -0.3 is 20.1 Å².